The molecule has 112 valence electrons. The van der Waals surface area contributed by atoms with Crippen LogP contribution in [0.2, 0.25) is 0 Å². The van der Waals surface area contributed by atoms with E-state index in [2.05, 4.69) is 57.4 Å². The van der Waals surface area contributed by atoms with Crippen LogP contribution in [0.25, 0.3) is 0 Å². The molecule has 0 spiro atoms. The van der Waals surface area contributed by atoms with E-state index in [1.807, 2.05) is 0 Å². The van der Waals surface area contributed by atoms with Gasteiger partial charge in [0.2, 0.25) is 0 Å². The number of nitrogens with zero attached hydrogens (tertiary/aromatic N) is 1. The molecule has 0 fully saturated rings. The maximum absolute atomic E-state index is 12.0. The number of hydrogen-bond donors (Lipinski definition) is 1. The smallest absolute Gasteiger partial charge is 0.293 e. The molecule has 0 saturated heterocycles. The SMILES string of the molecule is Cc1ccc(Cc2cnc(NC(=O)c3ccc(Br)o3)s2)cc1. The summed E-state index contributed by atoms with van der Waals surface area (Å²) in [5.74, 6) is -0.0518. The molecule has 2 aromatic heterocycles. The van der Waals surface area contributed by atoms with E-state index in [1.165, 1.54) is 22.5 Å². The molecule has 0 aliphatic carbocycles. The molecule has 0 atom stereocenters. The van der Waals surface area contributed by atoms with Gasteiger partial charge in [-0.1, -0.05) is 29.8 Å². The Balaban J connectivity index is 1.66. The van der Waals surface area contributed by atoms with Crippen molar-refractivity contribution in [3.63, 3.8) is 0 Å². The van der Waals surface area contributed by atoms with Crippen molar-refractivity contribution < 1.29 is 9.21 Å². The summed E-state index contributed by atoms with van der Waals surface area (Å²) in [6, 6.07) is 11.7. The molecule has 2 heterocycles. The molecule has 1 aromatic carbocycles. The molecule has 1 N–H and O–H groups in total. The Labute approximate surface area is 140 Å². The number of carbonyl (C=O) groups is 1. The standard InChI is InChI=1S/C16H13BrN2O2S/c1-10-2-4-11(5-3-10)8-12-9-18-16(22-12)19-15(20)13-6-7-14(17)21-13/h2-7,9H,8H2,1H3,(H,18,19,20). The Kier molecular flexibility index (Phi) is 4.40. The van der Waals surface area contributed by atoms with Crippen molar-refractivity contribution in [3.05, 3.63) is 69.0 Å². The van der Waals surface area contributed by atoms with Gasteiger partial charge >= 0.3 is 0 Å². The van der Waals surface area contributed by atoms with Crippen LogP contribution in [0, 0.1) is 6.92 Å². The van der Waals surface area contributed by atoms with Gasteiger partial charge in [-0.15, -0.1) is 11.3 Å². The fraction of sp³-hybridized carbons (Fsp3) is 0.125. The summed E-state index contributed by atoms with van der Waals surface area (Å²) in [4.78, 5) is 17.3. The van der Waals surface area contributed by atoms with Crippen molar-refractivity contribution >= 4 is 38.3 Å². The first-order valence-corrected chi connectivity index (χ1v) is 8.28. The number of aryl methyl sites for hydroxylation is 1. The molecule has 0 aliphatic heterocycles. The van der Waals surface area contributed by atoms with Gasteiger partial charge < -0.3 is 4.42 Å². The summed E-state index contributed by atoms with van der Waals surface area (Å²) in [5.41, 5.74) is 2.47. The van der Waals surface area contributed by atoms with Crippen LogP contribution in [0.1, 0.15) is 26.6 Å². The number of carbonyl (C=O) groups excluding carboxylic acids is 1. The van der Waals surface area contributed by atoms with Crippen molar-refractivity contribution in [2.24, 2.45) is 0 Å². The Bertz CT molecular complexity index is 793. The van der Waals surface area contributed by atoms with Gasteiger partial charge in [0.1, 0.15) is 0 Å². The third kappa shape index (κ3) is 3.64. The summed E-state index contributed by atoms with van der Waals surface area (Å²) < 4.78 is 5.74. The second-order valence-electron chi connectivity index (χ2n) is 4.85. The maximum atomic E-state index is 12.0. The third-order valence-electron chi connectivity index (χ3n) is 3.07. The lowest BCUT2D eigenvalue weighted by molar-refractivity contribution is 0.0995. The quantitative estimate of drug-likeness (QED) is 0.720. The van der Waals surface area contributed by atoms with Gasteiger partial charge in [0.15, 0.2) is 15.6 Å². The van der Waals surface area contributed by atoms with Gasteiger partial charge in [-0.25, -0.2) is 4.98 Å². The molecule has 0 bridgehead atoms. The van der Waals surface area contributed by atoms with E-state index in [-0.39, 0.29) is 11.7 Å². The molecule has 6 heteroatoms. The fourth-order valence-electron chi connectivity index (χ4n) is 1.95. The zero-order valence-electron chi connectivity index (χ0n) is 11.8. The van der Waals surface area contributed by atoms with E-state index in [0.29, 0.717) is 9.80 Å². The normalized spacial score (nSPS) is 10.6. The van der Waals surface area contributed by atoms with E-state index in [1.54, 1.807) is 18.3 Å². The summed E-state index contributed by atoms with van der Waals surface area (Å²) in [7, 11) is 0. The molecule has 3 aromatic rings. The Morgan fingerprint density at radius 2 is 2.05 bits per heavy atom. The van der Waals surface area contributed by atoms with Crippen molar-refractivity contribution in [2.75, 3.05) is 5.32 Å². The van der Waals surface area contributed by atoms with E-state index in [0.717, 1.165) is 11.3 Å². The van der Waals surface area contributed by atoms with Crippen molar-refractivity contribution in [1.82, 2.24) is 4.98 Å². The molecule has 0 unspecified atom stereocenters. The van der Waals surface area contributed by atoms with Gasteiger partial charge in [-0.3, -0.25) is 10.1 Å². The molecule has 22 heavy (non-hydrogen) atoms. The number of aromatic nitrogens is 1. The minimum absolute atomic E-state index is 0.252. The van der Waals surface area contributed by atoms with E-state index in [9.17, 15) is 4.79 Å². The second-order valence-corrected chi connectivity index (χ2v) is 6.75. The molecule has 3 rings (SSSR count). The average molecular weight is 377 g/mol. The zero-order chi connectivity index (χ0) is 15.5. The number of anilines is 1. The second kappa shape index (κ2) is 6.46. The lowest BCUT2D eigenvalue weighted by Crippen LogP contribution is -2.10. The van der Waals surface area contributed by atoms with Gasteiger partial charge in [0.05, 0.1) is 0 Å². The summed E-state index contributed by atoms with van der Waals surface area (Å²) >= 11 is 4.64. The monoisotopic (exact) mass is 376 g/mol. The molecule has 0 aliphatic rings. The highest BCUT2D eigenvalue weighted by Crippen LogP contribution is 2.22. The maximum Gasteiger partial charge on any atom is 0.293 e. The van der Waals surface area contributed by atoms with Crippen LogP contribution in [0.4, 0.5) is 5.13 Å². The summed E-state index contributed by atoms with van der Waals surface area (Å²) in [5, 5.41) is 3.31. The minimum Gasteiger partial charge on any atom is -0.444 e. The number of benzene rings is 1. The van der Waals surface area contributed by atoms with Crippen LogP contribution in [0.3, 0.4) is 0 Å². The Morgan fingerprint density at radius 1 is 1.27 bits per heavy atom. The van der Waals surface area contributed by atoms with Crippen LogP contribution in [-0.2, 0) is 6.42 Å². The van der Waals surface area contributed by atoms with Crippen LogP contribution >= 0.6 is 27.3 Å². The summed E-state index contributed by atoms with van der Waals surface area (Å²) in [6.45, 7) is 2.07. The predicted octanol–water partition coefficient (Wildman–Crippen LogP) is 4.65. The first-order chi connectivity index (χ1) is 10.6. The molecule has 0 radical (unpaired) electrons. The largest absolute Gasteiger partial charge is 0.444 e. The van der Waals surface area contributed by atoms with Gasteiger partial charge in [-0.05, 0) is 40.5 Å². The topological polar surface area (TPSA) is 55.1 Å². The number of thiazole rings is 1. The molecule has 4 nitrogen and oxygen atoms in total. The van der Waals surface area contributed by atoms with E-state index < -0.39 is 0 Å². The lowest BCUT2D eigenvalue weighted by Gasteiger charge is -1.99. The van der Waals surface area contributed by atoms with E-state index >= 15 is 0 Å². The number of furan rings is 1. The third-order valence-corrected chi connectivity index (χ3v) is 4.41. The molecule has 1 amide bonds. The van der Waals surface area contributed by atoms with Crippen LogP contribution in [0.5, 0.6) is 0 Å². The highest BCUT2D eigenvalue weighted by Gasteiger charge is 2.12. The van der Waals surface area contributed by atoms with Crippen LogP contribution in [-0.4, -0.2) is 10.9 Å². The number of rotatable bonds is 4. The number of hydrogen-bond acceptors (Lipinski definition) is 4. The number of halogens is 1. The first kappa shape index (κ1) is 15.0. The zero-order valence-corrected chi connectivity index (χ0v) is 14.2. The highest BCUT2D eigenvalue weighted by atomic mass is 79.9. The first-order valence-electron chi connectivity index (χ1n) is 6.67. The molecule has 0 saturated carbocycles. The van der Waals surface area contributed by atoms with E-state index in [4.69, 9.17) is 4.42 Å². The Hall–Kier alpha value is -1.92. The van der Waals surface area contributed by atoms with Gasteiger partial charge in [0, 0.05) is 17.5 Å². The lowest BCUT2D eigenvalue weighted by atomic mass is 10.1. The minimum atomic E-state index is -0.304. The molecular formula is C16H13BrN2O2S. The van der Waals surface area contributed by atoms with Crippen molar-refractivity contribution in [2.45, 2.75) is 13.3 Å². The fourth-order valence-corrected chi connectivity index (χ4v) is 3.10. The Morgan fingerprint density at radius 3 is 2.73 bits per heavy atom. The molecular weight excluding hydrogens is 364 g/mol. The predicted molar refractivity (Wildman–Crippen MR) is 90.5 cm³/mol. The van der Waals surface area contributed by atoms with Crippen molar-refractivity contribution in [1.29, 1.82) is 0 Å². The van der Waals surface area contributed by atoms with Crippen LogP contribution in [0.15, 0.2) is 51.7 Å². The highest BCUT2D eigenvalue weighted by molar-refractivity contribution is 9.10. The summed E-state index contributed by atoms with van der Waals surface area (Å²) in [6.07, 6.45) is 2.60. The van der Waals surface area contributed by atoms with Gasteiger partial charge in [-0.2, -0.15) is 0 Å². The number of amides is 1. The van der Waals surface area contributed by atoms with Crippen LogP contribution < -0.4 is 5.32 Å². The van der Waals surface area contributed by atoms with Gasteiger partial charge in [0.25, 0.3) is 5.91 Å². The van der Waals surface area contributed by atoms with Crippen molar-refractivity contribution in [3.8, 4) is 0 Å². The number of nitrogens with one attached hydrogen (secondary N) is 1. The average Bonchev–Trinajstić information content (AvgIpc) is 3.11.